The van der Waals surface area contributed by atoms with E-state index in [-0.39, 0.29) is 0 Å². The SMILES string of the molecule is C/C=C(\C=NC)c1nc(Nc2ccsc2C(O)OC)c2cc(Cl)ccc2n1. The summed E-state index contributed by atoms with van der Waals surface area (Å²) in [5.41, 5.74) is 2.27. The minimum absolute atomic E-state index is 0.546. The summed E-state index contributed by atoms with van der Waals surface area (Å²) in [6.45, 7) is 1.91. The molecule has 0 bridgehead atoms. The molecule has 6 nitrogen and oxygen atoms in total. The number of aliphatic hydroxyl groups excluding tert-OH is 1. The second-order valence-electron chi connectivity index (χ2n) is 5.60. The highest BCUT2D eigenvalue weighted by atomic mass is 35.5. The summed E-state index contributed by atoms with van der Waals surface area (Å²) < 4.78 is 5.04. The number of hydrogen-bond donors (Lipinski definition) is 2. The first kappa shape index (κ1) is 19.4. The highest BCUT2D eigenvalue weighted by Crippen LogP contribution is 2.34. The van der Waals surface area contributed by atoms with Crippen LogP contribution in [0, 0.1) is 0 Å². The van der Waals surface area contributed by atoms with E-state index in [4.69, 9.17) is 16.3 Å². The molecule has 0 spiro atoms. The second-order valence-corrected chi connectivity index (χ2v) is 6.98. The molecule has 0 saturated heterocycles. The Morgan fingerprint density at radius 1 is 1.37 bits per heavy atom. The summed E-state index contributed by atoms with van der Waals surface area (Å²) in [5, 5.41) is 16.6. The minimum Gasteiger partial charge on any atom is -0.364 e. The topological polar surface area (TPSA) is 79.6 Å². The first-order valence-electron chi connectivity index (χ1n) is 8.18. The summed E-state index contributed by atoms with van der Waals surface area (Å²) in [5.74, 6) is 1.13. The summed E-state index contributed by atoms with van der Waals surface area (Å²) in [4.78, 5) is 14.0. The number of nitrogens with one attached hydrogen (secondary N) is 1. The first-order valence-corrected chi connectivity index (χ1v) is 9.44. The van der Waals surface area contributed by atoms with Crippen LogP contribution in [0.3, 0.4) is 0 Å². The largest absolute Gasteiger partial charge is 0.364 e. The van der Waals surface area contributed by atoms with Gasteiger partial charge >= 0.3 is 0 Å². The van der Waals surface area contributed by atoms with Crippen LogP contribution in [0.15, 0.2) is 40.7 Å². The van der Waals surface area contributed by atoms with E-state index in [0.29, 0.717) is 27.2 Å². The third-order valence-electron chi connectivity index (χ3n) is 3.89. The van der Waals surface area contributed by atoms with Crippen molar-refractivity contribution in [3.8, 4) is 0 Å². The summed E-state index contributed by atoms with van der Waals surface area (Å²) in [7, 11) is 3.15. The van der Waals surface area contributed by atoms with Gasteiger partial charge in [-0.1, -0.05) is 17.7 Å². The van der Waals surface area contributed by atoms with Crippen molar-refractivity contribution in [3.63, 3.8) is 0 Å². The van der Waals surface area contributed by atoms with Gasteiger partial charge < -0.3 is 15.2 Å². The molecule has 2 aromatic heterocycles. The standard InChI is InChI=1S/C19H19ClN4O2S/c1-4-11(10-21-2)17-22-14-6-5-12(20)9-13(14)18(24-17)23-15-7-8-27-16(15)19(25)26-3/h4-10,19,25H,1-3H3,(H,22,23,24)/b11-4+,21-10?. The highest BCUT2D eigenvalue weighted by molar-refractivity contribution is 7.10. The fraction of sp³-hybridized carbons (Fsp3) is 0.211. The monoisotopic (exact) mass is 402 g/mol. The van der Waals surface area contributed by atoms with E-state index >= 15 is 0 Å². The van der Waals surface area contributed by atoms with Crippen molar-refractivity contribution >= 4 is 57.1 Å². The maximum Gasteiger partial charge on any atom is 0.192 e. The number of rotatable bonds is 6. The molecule has 0 aliphatic heterocycles. The van der Waals surface area contributed by atoms with Crippen molar-refractivity contribution in [1.82, 2.24) is 9.97 Å². The molecule has 3 aromatic rings. The van der Waals surface area contributed by atoms with Gasteiger partial charge in [-0.15, -0.1) is 11.3 Å². The van der Waals surface area contributed by atoms with Gasteiger partial charge in [0.25, 0.3) is 0 Å². The second kappa shape index (κ2) is 8.58. The maximum absolute atomic E-state index is 10.1. The Balaban J connectivity index is 2.15. The first-order chi connectivity index (χ1) is 13.1. The number of ether oxygens (including phenoxy) is 1. The normalized spacial score (nSPS) is 13.4. The number of nitrogens with zero attached hydrogens (tertiary/aromatic N) is 3. The Hall–Kier alpha value is -2.32. The molecule has 27 heavy (non-hydrogen) atoms. The molecule has 1 atom stereocenters. The zero-order valence-corrected chi connectivity index (χ0v) is 16.7. The minimum atomic E-state index is -1.01. The van der Waals surface area contributed by atoms with E-state index in [1.54, 1.807) is 19.3 Å². The molecule has 140 valence electrons. The number of anilines is 2. The summed E-state index contributed by atoms with van der Waals surface area (Å²) >= 11 is 7.58. The highest BCUT2D eigenvalue weighted by Gasteiger charge is 2.16. The van der Waals surface area contributed by atoms with Gasteiger partial charge in [0.2, 0.25) is 0 Å². The van der Waals surface area contributed by atoms with Gasteiger partial charge in [0.15, 0.2) is 12.1 Å². The number of thiophene rings is 1. The Labute approximate surface area is 166 Å². The summed E-state index contributed by atoms with van der Waals surface area (Å²) in [6.07, 6.45) is 2.60. The number of fused-ring (bicyclic) bond motifs is 1. The molecule has 2 heterocycles. The van der Waals surface area contributed by atoms with E-state index in [1.165, 1.54) is 18.4 Å². The van der Waals surface area contributed by atoms with Gasteiger partial charge in [-0.25, -0.2) is 9.97 Å². The fourth-order valence-corrected chi connectivity index (χ4v) is 3.56. The molecule has 0 amide bonds. The van der Waals surface area contributed by atoms with Gasteiger partial charge in [0.05, 0.1) is 16.1 Å². The molecular formula is C19H19ClN4O2S. The predicted molar refractivity (Wildman–Crippen MR) is 112 cm³/mol. The molecule has 0 fully saturated rings. The van der Waals surface area contributed by atoms with Crippen molar-refractivity contribution < 1.29 is 9.84 Å². The lowest BCUT2D eigenvalue weighted by Crippen LogP contribution is -2.05. The predicted octanol–water partition coefficient (Wildman–Crippen LogP) is 4.83. The molecule has 3 rings (SSSR count). The number of halogens is 1. The molecular weight excluding hydrogens is 384 g/mol. The Kier molecular flexibility index (Phi) is 6.18. The van der Waals surface area contributed by atoms with Crippen molar-refractivity contribution in [2.24, 2.45) is 4.99 Å². The van der Waals surface area contributed by atoms with Crippen LogP contribution in [0.5, 0.6) is 0 Å². The zero-order chi connectivity index (χ0) is 19.4. The van der Waals surface area contributed by atoms with Gasteiger partial charge in [-0.3, -0.25) is 4.99 Å². The van der Waals surface area contributed by atoms with Crippen molar-refractivity contribution in [1.29, 1.82) is 0 Å². The van der Waals surface area contributed by atoms with Crippen LogP contribution in [0.2, 0.25) is 5.02 Å². The van der Waals surface area contributed by atoms with E-state index in [0.717, 1.165) is 16.5 Å². The Bertz CT molecular complexity index is 1020. The molecule has 1 unspecified atom stereocenters. The molecule has 0 radical (unpaired) electrons. The molecule has 2 N–H and O–H groups in total. The number of benzene rings is 1. The average Bonchev–Trinajstić information content (AvgIpc) is 3.13. The number of aliphatic hydroxyl groups is 1. The lowest BCUT2D eigenvalue weighted by Gasteiger charge is -2.14. The van der Waals surface area contributed by atoms with E-state index in [2.05, 4.69) is 20.3 Å². The van der Waals surface area contributed by atoms with Crippen LogP contribution in [0.1, 0.15) is 23.9 Å². The molecule has 1 aromatic carbocycles. The maximum atomic E-state index is 10.1. The van der Waals surface area contributed by atoms with Crippen molar-refractivity contribution in [2.45, 2.75) is 13.2 Å². The van der Waals surface area contributed by atoms with Crippen molar-refractivity contribution in [2.75, 3.05) is 19.5 Å². The van der Waals surface area contributed by atoms with Crippen LogP contribution in [-0.4, -0.2) is 35.4 Å². The van der Waals surface area contributed by atoms with Crippen LogP contribution in [-0.2, 0) is 4.74 Å². The number of hydrogen-bond acceptors (Lipinski definition) is 7. The van der Waals surface area contributed by atoms with E-state index < -0.39 is 6.29 Å². The smallest absolute Gasteiger partial charge is 0.192 e. The van der Waals surface area contributed by atoms with Gasteiger partial charge in [-0.2, -0.15) is 0 Å². The molecule has 0 aliphatic rings. The lowest BCUT2D eigenvalue weighted by atomic mass is 10.2. The van der Waals surface area contributed by atoms with Crippen molar-refractivity contribution in [3.05, 3.63) is 51.4 Å². The zero-order valence-electron chi connectivity index (χ0n) is 15.1. The molecule has 0 aliphatic carbocycles. The third-order valence-corrected chi connectivity index (χ3v) is 5.07. The average molecular weight is 403 g/mol. The lowest BCUT2D eigenvalue weighted by molar-refractivity contribution is -0.0738. The van der Waals surface area contributed by atoms with E-state index in [9.17, 15) is 5.11 Å². The van der Waals surface area contributed by atoms with Gasteiger partial charge in [0.1, 0.15) is 5.82 Å². The fourth-order valence-electron chi connectivity index (χ4n) is 2.58. The number of aromatic nitrogens is 2. The van der Waals surface area contributed by atoms with Crippen LogP contribution in [0.25, 0.3) is 16.5 Å². The van der Waals surface area contributed by atoms with Gasteiger partial charge in [-0.05, 0) is 36.6 Å². The molecule has 8 heteroatoms. The number of allylic oxidation sites excluding steroid dienone is 2. The number of methoxy groups -OCH3 is 1. The Morgan fingerprint density at radius 2 is 2.19 bits per heavy atom. The van der Waals surface area contributed by atoms with Crippen LogP contribution in [0.4, 0.5) is 11.5 Å². The van der Waals surface area contributed by atoms with Gasteiger partial charge in [0, 0.05) is 36.4 Å². The van der Waals surface area contributed by atoms with Crippen LogP contribution >= 0.6 is 22.9 Å². The summed E-state index contributed by atoms with van der Waals surface area (Å²) in [6, 6.07) is 7.32. The van der Waals surface area contributed by atoms with E-state index in [1.807, 2.05) is 36.6 Å². The number of aliphatic imine (C=N–C) groups is 1. The van der Waals surface area contributed by atoms with Crippen LogP contribution < -0.4 is 5.32 Å². The third kappa shape index (κ3) is 4.17. The quantitative estimate of drug-likeness (QED) is 0.456. The molecule has 0 saturated carbocycles. The Morgan fingerprint density at radius 3 is 2.89 bits per heavy atom.